The van der Waals surface area contributed by atoms with Gasteiger partial charge in [-0.05, 0) is 129 Å². The second kappa shape index (κ2) is 14.0. The number of aliphatic hydroxyl groups is 1. The van der Waals surface area contributed by atoms with Gasteiger partial charge < -0.3 is 15.1 Å². The Bertz CT molecular complexity index is 1110. The number of halogens is 7. The van der Waals surface area contributed by atoms with E-state index in [1.807, 2.05) is 20.0 Å². The number of phenols is 1. The van der Waals surface area contributed by atoms with E-state index in [-0.39, 0.29) is 35.8 Å². The van der Waals surface area contributed by atoms with Crippen LogP contribution in [0, 0.1) is 23.2 Å². The zero-order valence-electron chi connectivity index (χ0n) is 26.3. The third-order valence-electron chi connectivity index (χ3n) is 11.6. The van der Waals surface area contributed by atoms with Crippen LogP contribution in [0.25, 0.3) is 0 Å². The maximum atomic E-state index is 16.2. The molecule has 0 aliphatic heterocycles. The second-order valence-corrected chi connectivity index (χ2v) is 15.3. The highest BCUT2D eigenvalue weighted by molar-refractivity contribution is 9.10. The largest absolute Gasteiger partial charge is 0.507 e. The van der Waals surface area contributed by atoms with Crippen LogP contribution in [0.4, 0.5) is 26.3 Å². The highest BCUT2D eigenvalue weighted by atomic mass is 79.9. The minimum Gasteiger partial charge on any atom is -0.507 e. The summed E-state index contributed by atoms with van der Waals surface area (Å²) in [5.74, 6) is -3.94. The van der Waals surface area contributed by atoms with Crippen molar-refractivity contribution >= 4 is 15.9 Å². The first-order valence-corrected chi connectivity index (χ1v) is 17.3. The molecular weight excluding hydrogens is 648 g/mol. The Morgan fingerprint density at radius 2 is 1.57 bits per heavy atom. The first-order valence-electron chi connectivity index (χ1n) is 16.5. The van der Waals surface area contributed by atoms with E-state index in [1.54, 1.807) is 6.07 Å². The van der Waals surface area contributed by atoms with Gasteiger partial charge in [-0.1, -0.05) is 45.1 Å². The first kappa shape index (κ1) is 35.8. The molecule has 3 nitrogen and oxygen atoms in total. The molecule has 0 bridgehead atoms. The van der Waals surface area contributed by atoms with Crippen molar-refractivity contribution in [1.29, 1.82) is 0 Å². The fourth-order valence-corrected chi connectivity index (χ4v) is 9.31. The van der Waals surface area contributed by atoms with E-state index in [4.69, 9.17) is 0 Å². The average Bonchev–Trinajstić information content (AvgIpc) is 3.17. The van der Waals surface area contributed by atoms with Crippen LogP contribution >= 0.6 is 15.9 Å². The average molecular weight is 699 g/mol. The van der Waals surface area contributed by atoms with Crippen LogP contribution < -0.4 is 0 Å². The number of alkyl halides is 6. The summed E-state index contributed by atoms with van der Waals surface area (Å²) < 4.78 is 79.6. The fourth-order valence-electron chi connectivity index (χ4n) is 8.79. The molecule has 3 aliphatic carbocycles. The number of rotatable bonds is 14. The summed E-state index contributed by atoms with van der Waals surface area (Å²) in [5.41, 5.74) is 0.715. The van der Waals surface area contributed by atoms with Crippen molar-refractivity contribution in [2.24, 2.45) is 23.2 Å². The van der Waals surface area contributed by atoms with Crippen LogP contribution in [0.15, 0.2) is 16.6 Å². The van der Waals surface area contributed by atoms with Crippen molar-refractivity contribution in [3.8, 4) is 5.75 Å². The van der Waals surface area contributed by atoms with E-state index in [1.165, 1.54) is 0 Å². The van der Waals surface area contributed by atoms with E-state index in [9.17, 15) is 32.2 Å². The van der Waals surface area contributed by atoms with Crippen molar-refractivity contribution in [2.45, 2.75) is 134 Å². The van der Waals surface area contributed by atoms with Crippen LogP contribution in [0.1, 0.15) is 114 Å². The number of nitrogens with zero attached hydrogens (tertiary/aromatic N) is 1. The van der Waals surface area contributed by atoms with Crippen molar-refractivity contribution in [3.63, 3.8) is 0 Å². The minimum absolute atomic E-state index is 0.125. The highest BCUT2D eigenvalue weighted by Gasteiger charge is 2.64. The van der Waals surface area contributed by atoms with Crippen LogP contribution in [0.3, 0.4) is 0 Å². The molecule has 2 saturated carbocycles. The smallest absolute Gasteiger partial charge is 0.453 e. The molecule has 0 saturated heterocycles. The van der Waals surface area contributed by atoms with Gasteiger partial charge in [0.05, 0.1) is 10.1 Å². The van der Waals surface area contributed by atoms with Gasteiger partial charge in [0.25, 0.3) is 0 Å². The Labute approximate surface area is 267 Å². The quantitative estimate of drug-likeness (QED) is 0.150. The number of hydrogen-bond donors (Lipinski definition) is 2. The number of benzene rings is 1. The second-order valence-electron chi connectivity index (χ2n) is 14.5. The first-order chi connectivity index (χ1) is 20.5. The molecule has 44 heavy (non-hydrogen) atoms. The predicted molar refractivity (Wildman–Crippen MR) is 165 cm³/mol. The molecule has 1 aromatic rings. The Kier molecular flexibility index (Phi) is 11.4. The third-order valence-corrected chi connectivity index (χ3v) is 12.5. The number of hydrogen-bond acceptors (Lipinski definition) is 3. The van der Waals surface area contributed by atoms with Crippen LogP contribution in [-0.2, 0) is 6.42 Å². The molecule has 0 amide bonds. The molecule has 0 aromatic heterocycles. The van der Waals surface area contributed by atoms with Gasteiger partial charge in [-0.25, -0.2) is 4.39 Å². The van der Waals surface area contributed by atoms with E-state index < -0.39 is 35.7 Å². The van der Waals surface area contributed by atoms with E-state index in [2.05, 4.69) is 27.8 Å². The SMILES string of the molecule is CN(CCCCCCCC(F)(F)C(F)(F)F)CCCCCC1Cc2c(ccc(O)c2Br)[C@@H]2[C@@H]1[C@@H]1CC[C@@](C)(O)[C@@]1(C)C[C@@H]2F. The van der Waals surface area contributed by atoms with Gasteiger partial charge in [-0.15, -0.1) is 0 Å². The van der Waals surface area contributed by atoms with Gasteiger partial charge in [-0.2, -0.15) is 22.0 Å². The zero-order valence-corrected chi connectivity index (χ0v) is 27.9. The molecule has 1 unspecified atom stereocenters. The number of unbranched alkanes of at least 4 members (excludes halogenated alkanes) is 6. The topological polar surface area (TPSA) is 43.7 Å². The molecule has 2 N–H and O–H groups in total. The summed E-state index contributed by atoms with van der Waals surface area (Å²) >= 11 is 3.59. The van der Waals surface area contributed by atoms with Gasteiger partial charge in [0.1, 0.15) is 11.9 Å². The van der Waals surface area contributed by atoms with Crippen LogP contribution in [-0.4, -0.2) is 59.1 Å². The monoisotopic (exact) mass is 697 g/mol. The lowest BCUT2D eigenvalue weighted by atomic mass is 9.50. The molecule has 7 atom stereocenters. The normalized spacial score (nSPS) is 32.0. The highest BCUT2D eigenvalue weighted by Crippen LogP contribution is 2.66. The van der Waals surface area contributed by atoms with Crippen molar-refractivity contribution in [3.05, 3.63) is 27.7 Å². The molecule has 252 valence electrons. The maximum absolute atomic E-state index is 16.2. The zero-order chi connectivity index (χ0) is 32.5. The van der Waals surface area contributed by atoms with Gasteiger partial charge in [0, 0.05) is 17.8 Å². The molecule has 4 rings (SSSR count). The summed E-state index contributed by atoms with van der Waals surface area (Å²) in [5, 5.41) is 21.7. The predicted octanol–water partition coefficient (Wildman–Crippen LogP) is 9.97. The van der Waals surface area contributed by atoms with Gasteiger partial charge in [0.15, 0.2) is 0 Å². The molecule has 10 heteroatoms. The molecule has 2 fully saturated rings. The summed E-state index contributed by atoms with van der Waals surface area (Å²) in [4.78, 5) is 2.24. The standard InChI is InChI=1S/C34H50BrF6NO2/c1-31-21-26(36)29-23-13-14-27(43)30(35)24(23)20-22(28(29)25(31)15-17-32(31,2)44)12-8-7-11-19-42(3)18-10-6-4-5-9-16-33(37,38)34(39,40)41/h13-14,22,25-26,28-29,43-44H,4-12,15-21H2,1-3H3/t22?,25-,26-,28-,29-,31-,32+/m0/s1. The molecule has 0 radical (unpaired) electrons. The van der Waals surface area contributed by atoms with E-state index >= 15 is 4.39 Å². The van der Waals surface area contributed by atoms with Crippen molar-refractivity contribution in [2.75, 3.05) is 20.1 Å². The fraction of sp³-hybridized carbons (Fsp3) is 0.824. The Morgan fingerprint density at radius 3 is 2.23 bits per heavy atom. The van der Waals surface area contributed by atoms with Gasteiger partial charge >= 0.3 is 12.1 Å². The van der Waals surface area contributed by atoms with Crippen molar-refractivity contribution in [1.82, 2.24) is 4.90 Å². The number of fused-ring (bicyclic) bond motifs is 5. The molecule has 1 aromatic carbocycles. The summed E-state index contributed by atoms with van der Waals surface area (Å²) in [7, 11) is 2.05. The van der Waals surface area contributed by atoms with Crippen LogP contribution in [0.5, 0.6) is 5.75 Å². The lowest BCUT2D eigenvalue weighted by molar-refractivity contribution is -0.284. The van der Waals surface area contributed by atoms with Crippen molar-refractivity contribution < 1.29 is 36.6 Å². The Hall–Kier alpha value is -1.00. The maximum Gasteiger partial charge on any atom is 0.453 e. The van der Waals surface area contributed by atoms with Crippen LogP contribution in [0.2, 0.25) is 0 Å². The summed E-state index contributed by atoms with van der Waals surface area (Å²) in [6.45, 7) is 5.76. The third kappa shape index (κ3) is 7.42. The van der Waals surface area contributed by atoms with E-state index in [0.29, 0.717) is 30.2 Å². The Morgan fingerprint density at radius 1 is 0.955 bits per heavy atom. The van der Waals surface area contributed by atoms with E-state index in [0.717, 1.165) is 75.6 Å². The van der Waals surface area contributed by atoms with Gasteiger partial charge in [-0.3, -0.25) is 0 Å². The molecule has 0 heterocycles. The van der Waals surface area contributed by atoms with Gasteiger partial charge in [0.2, 0.25) is 0 Å². The lowest BCUT2D eigenvalue weighted by Gasteiger charge is -2.56. The Balaban J connectivity index is 1.24. The molecule has 3 aliphatic rings. The molecule has 0 spiro atoms. The number of phenolic OH excluding ortho intramolecular Hbond substituents is 1. The summed E-state index contributed by atoms with van der Waals surface area (Å²) in [6.07, 6.45) is 1.75. The lowest BCUT2D eigenvalue weighted by Crippen LogP contribution is -2.55. The molecular formula is C34H50BrF6NO2. The summed E-state index contributed by atoms with van der Waals surface area (Å²) in [6, 6.07) is 3.58. The minimum atomic E-state index is -5.46. The number of aromatic hydroxyl groups is 1.